The first kappa shape index (κ1) is 16.7. The summed E-state index contributed by atoms with van der Waals surface area (Å²) in [5.41, 5.74) is 10.7. The van der Waals surface area contributed by atoms with Gasteiger partial charge in [-0.15, -0.1) is 10.2 Å². The fourth-order valence-corrected chi connectivity index (χ4v) is 3.77. The third-order valence-electron chi connectivity index (χ3n) is 4.30. The van der Waals surface area contributed by atoms with Crippen molar-refractivity contribution in [3.05, 3.63) is 59.8 Å². The Morgan fingerprint density at radius 2 is 2.04 bits per heavy atom. The maximum Gasteiger partial charge on any atom is 0.206 e. The van der Waals surface area contributed by atoms with Crippen LogP contribution in [0.1, 0.15) is 11.1 Å². The molecule has 0 radical (unpaired) electrons. The summed E-state index contributed by atoms with van der Waals surface area (Å²) in [7, 11) is 0. The zero-order valence-electron chi connectivity index (χ0n) is 14.4. The Balaban J connectivity index is 1.43. The van der Waals surface area contributed by atoms with Gasteiger partial charge in [0.05, 0.1) is 11.7 Å². The van der Waals surface area contributed by atoms with Crippen LogP contribution in [0.15, 0.2) is 48.7 Å². The van der Waals surface area contributed by atoms with Crippen molar-refractivity contribution < 1.29 is 0 Å². The number of anilines is 1. The number of hydrogen-bond acceptors (Lipinski definition) is 6. The van der Waals surface area contributed by atoms with Gasteiger partial charge in [0.2, 0.25) is 5.13 Å². The van der Waals surface area contributed by atoms with Crippen molar-refractivity contribution in [3.8, 4) is 10.6 Å². The smallest absolute Gasteiger partial charge is 0.206 e. The number of nitrogens with zero attached hydrogens (tertiary/aromatic N) is 3. The highest BCUT2D eigenvalue weighted by atomic mass is 32.1. The number of aromatic amines is 1. The van der Waals surface area contributed by atoms with Crippen molar-refractivity contribution in [2.45, 2.75) is 19.4 Å². The van der Waals surface area contributed by atoms with Gasteiger partial charge in [0, 0.05) is 23.5 Å². The highest BCUT2D eigenvalue weighted by Gasteiger charge is 2.12. The molecule has 0 aliphatic rings. The number of nitrogens with one attached hydrogen (secondary N) is 2. The Labute approximate surface area is 155 Å². The normalized spacial score (nSPS) is 12.4. The van der Waals surface area contributed by atoms with Crippen LogP contribution in [0.3, 0.4) is 0 Å². The van der Waals surface area contributed by atoms with Crippen LogP contribution in [-0.2, 0) is 6.42 Å². The minimum atomic E-state index is 0.0220. The second kappa shape index (κ2) is 7.23. The molecule has 0 amide bonds. The summed E-state index contributed by atoms with van der Waals surface area (Å²) in [5.74, 6) is 0. The largest absolute Gasteiger partial charge is 0.359 e. The van der Waals surface area contributed by atoms with Gasteiger partial charge in [0.15, 0.2) is 0 Å². The predicted molar refractivity (Wildman–Crippen MR) is 106 cm³/mol. The van der Waals surface area contributed by atoms with Crippen molar-refractivity contribution in [2.24, 2.45) is 5.73 Å². The van der Waals surface area contributed by atoms with Crippen LogP contribution in [0, 0.1) is 6.92 Å². The number of hydrogen-bond donors (Lipinski definition) is 3. The molecule has 6 nitrogen and oxygen atoms in total. The summed E-state index contributed by atoms with van der Waals surface area (Å²) in [5, 5.41) is 21.7. The Bertz CT molecular complexity index is 1010. The van der Waals surface area contributed by atoms with E-state index in [1.54, 1.807) is 11.3 Å². The summed E-state index contributed by atoms with van der Waals surface area (Å²) >= 11 is 1.54. The lowest BCUT2D eigenvalue weighted by molar-refractivity contribution is 0.698. The standard InChI is InChI=1S/C19H20N6S/c1-12-7-17-14(10-22-23-17)9-16(12)18-24-25-19(26-18)21-11-15(20)8-13-5-3-2-4-6-13/h2-7,9-10,15H,8,11,20H2,1H3,(H,21,25)(H,22,23). The summed E-state index contributed by atoms with van der Waals surface area (Å²) in [6.45, 7) is 2.73. The molecule has 132 valence electrons. The Hall–Kier alpha value is -2.77. The third kappa shape index (κ3) is 3.58. The molecular weight excluding hydrogens is 344 g/mol. The van der Waals surface area contributed by atoms with E-state index in [-0.39, 0.29) is 6.04 Å². The number of aromatic nitrogens is 4. The van der Waals surface area contributed by atoms with Gasteiger partial charge in [0.1, 0.15) is 5.01 Å². The molecule has 0 saturated carbocycles. The lowest BCUT2D eigenvalue weighted by Crippen LogP contribution is -2.31. The number of nitrogens with two attached hydrogens (primary N) is 1. The van der Waals surface area contributed by atoms with E-state index in [0.29, 0.717) is 6.54 Å². The molecule has 2 aromatic heterocycles. The Morgan fingerprint density at radius 1 is 1.19 bits per heavy atom. The molecule has 26 heavy (non-hydrogen) atoms. The van der Waals surface area contributed by atoms with Crippen molar-refractivity contribution in [2.75, 3.05) is 11.9 Å². The van der Waals surface area contributed by atoms with E-state index in [2.05, 4.69) is 56.9 Å². The minimum absolute atomic E-state index is 0.0220. The lowest BCUT2D eigenvalue weighted by Gasteiger charge is -2.11. The van der Waals surface area contributed by atoms with Gasteiger partial charge in [-0.05, 0) is 36.6 Å². The monoisotopic (exact) mass is 364 g/mol. The number of H-pyrrole nitrogens is 1. The van der Waals surface area contributed by atoms with Crippen molar-refractivity contribution >= 4 is 27.4 Å². The average molecular weight is 364 g/mol. The first-order valence-corrected chi connectivity index (χ1v) is 9.31. The number of benzene rings is 2. The van der Waals surface area contributed by atoms with Crippen LogP contribution in [0.4, 0.5) is 5.13 Å². The minimum Gasteiger partial charge on any atom is -0.359 e. The molecule has 4 aromatic rings. The quantitative estimate of drug-likeness (QED) is 0.488. The fraction of sp³-hybridized carbons (Fsp3) is 0.211. The number of rotatable bonds is 6. The summed E-state index contributed by atoms with van der Waals surface area (Å²) in [6.07, 6.45) is 2.65. The first-order chi connectivity index (χ1) is 12.7. The second-order valence-electron chi connectivity index (χ2n) is 6.37. The van der Waals surface area contributed by atoms with Crippen LogP contribution in [0.25, 0.3) is 21.5 Å². The van der Waals surface area contributed by atoms with E-state index < -0.39 is 0 Å². The van der Waals surface area contributed by atoms with E-state index >= 15 is 0 Å². The molecule has 4 rings (SSSR count). The zero-order valence-corrected chi connectivity index (χ0v) is 15.3. The van der Waals surface area contributed by atoms with Gasteiger partial charge in [0.25, 0.3) is 0 Å². The molecule has 7 heteroatoms. The number of aryl methyl sites for hydroxylation is 1. The predicted octanol–water partition coefficient (Wildman–Crippen LogP) is 3.37. The molecule has 0 saturated heterocycles. The Morgan fingerprint density at radius 3 is 2.88 bits per heavy atom. The van der Waals surface area contributed by atoms with Gasteiger partial charge in [-0.1, -0.05) is 41.7 Å². The van der Waals surface area contributed by atoms with E-state index in [1.165, 1.54) is 5.56 Å². The lowest BCUT2D eigenvalue weighted by atomic mass is 10.1. The third-order valence-corrected chi connectivity index (χ3v) is 5.21. The van der Waals surface area contributed by atoms with Crippen molar-refractivity contribution in [1.29, 1.82) is 0 Å². The van der Waals surface area contributed by atoms with Crippen LogP contribution < -0.4 is 11.1 Å². The van der Waals surface area contributed by atoms with Gasteiger partial charge in [-0.3, -0.25) is 5.10 Å². The zero-order chi connectivity index (χ0) is 17.9. The first-order valence-electron chi connectivity index (χ1n) is 8.50. The molecule has 0 bridgehead atoms. The van der Waals surface area contributed by atoms with Crippen LogP contribution in [0.5, 0.6) is 0 Å². The molecule has 2 aromatic carbocycles. The van der Waals surface area contributed by atoms with E-state index in [9.17, 15) is 0 Å². The van der Waals surface area contributed by atoms with Crippen molar-refractivity contribution in [1.82, 2.24) is 20.4 Å². The Kier molecular flexibility index (Phi) is 4.64. The fourth-order valence-electron chi connectivity index (χ4n) is 2.94. The molecule has 0 spiro atoms. The maximum atomic E-state index is 6.23. The molecule has 1 unspecified atom stereocenters. The van der Waals surface area contributed by atoms with Crippen molar-refractivity contribution in [3.63, 3.8) is 0 Å². The van der Waals surface area contributed by atoms with Gasteiger partial charge in [-0.2, -0.15) is 5.10 Å². The molecule has 2 heterocycles. The van der Waals surface area contributed by atoms with Crippen LogP contribution >= 0.6 is 11.3 Å². The summed E-state index contributed by atoms with van der Waals surface area (Å²) in [4.78, 5) is 0. The summed E-state index contributed by atoms with van der Waals surface area (Å²) in [6, 6.07) is 14.5. The highest BCUT2D eigenvalue weighted by molar-refractivity contribution is 7.18. The van der Waals surface area contributed by atoms with E-state index in [4.69, 9.17) is 5.73 Å². The molecule has 0 aliphatic heterocycles. The summed E-state index contributed by atoms with van der Waals surface area (Å²) < 4.78 is 0. The van der Waals surface area contributed by atoms with Crippen LogP contribution in [0.2, 0.25) is 0 Å². The highest BCUT2D eigenvalue weighted by Crippen LogP contribution is 2.31. The topological polar surface area (TPSA) is 92.5 Å². The molecule has 4 N–H and O–H groups in total. The van der Waals surface area contributed by atoms with Gasteiger partial charge in [-0.25, -0.2) is 0 Å². The SMILES string of the molecule is Cc1cc2[nH]ncc2cc1-c1nnc(NCC(N)Cc2ccccc2)s1. The maximum absolute atomic E-state index is 6.23. The van der Waals surface area contributed by atoms with Crippen LogP contribution in [-0.4, -0.2) is 33.0 Å². The van der Waals surface area contributed by atoms with E-state index in [1.807, 2.05) is 24.4 Å². The van der Waals surface area contributed by atoms with Gasteiger partial charge >= 0.3 is 0 Å². The van der Waals surface area contributed by atoms with E-state index in [0.717, 1.165) is 38.6 Å². The second-order valence-corrected chi connectivity index (χ2v) is 7.34. The molecule has 1 atom stereocenters. The average Bonchev–Trinajstić information content (AvgIpc) is 3.29. The number of fused-ring (bicyclic) bond motifs is 1. The molecule has 0 fully saturated rings. The van der Waals surface area contributed by atoms with Gasteiger partial charge < -0.3 is 11.1 Å². The molecular formula is C19H20N6S. The molecule has 0 aliphatic carbocycles.